The monoisotopic (exact) mass is 275 g/mol. The van der Waals surface area contributed by atoms with Gasteiger partial charge in [-0.15, -0.1) is 0 Å². The zero-order chi connectivity index (χ0) is 13.7. The fourth-order valence-corrected chi connectivity index (χ4v) is 2.17. The molecule has 3 nitrogen and oxygen atoms in total. The summed E-state index contributed by atoms with van der Waals surface area (Å²) in [5, 5.41) is 4.03. The maximum atomic E-state index is 5.99. The van der Waals surface area contributed by atoms with E-state index < -0.39 is 0 Å². The Kier molecular flexibility index (Phi) is 4.88. The molecule has 0 saturated carbocycles. The summed E-state index contributed by atoms with van der Waals surface area (Å²) in [5.74, 6) is 0.843. The van der Waals surface area contributed by atoms with Gasteiger partial charge >= 0.3 is 0 Å². The molecule has 0 atom stereocenters. The lowest BCUT2D eigenvalue weighted by molar-refractivity contribution is 0.700. The van der Waals surface area contributed by atoms with Crippen molar-refractivity contribution in [2.45, 2.75) is 26.8 Å². The summed E-state index contributed by atoms with van der Waals surface area (Å²) in [6, 6.07) is 9.84. The molecule has 2 rings (SSSR count). The third-order valence-electron chi connectivity index (χ3n) is 2.76. The topological polar surface area (TPSA) is 37.8 Å². The van der Waals surface area contributed by atoms with E-state index >= 15 is 0 Å². The van der Waals surface area contributed by atoms with Gasteiger partial charge in [0, 0.05) is 23.7 Å². The predicted octanol–water partition coefficient (Wildman–Crippen LogP) is 3.14. The summed E-state index contributed by atoms with van der Waals surface area (Å²) >= 11 is 5.99. The first-order valence-electron chi connectivity index (χ1n) is 6.46. The Morgan fingerprint density at radius 1 is 1.21 bits per heavy atom. The molecule has 0 amide bonds. The van der Waals surface area contributed by atoms with E-state index in [0.29, 0.717) is 6.42 Å². The third-order valence-corrected chi connectivity index (χ3v) is 3.00. The van der Waals surface area contributed by atoms with Crippen LogP contribution >= 0.6 is 11.6 Å². The number of nitrogens with one attached hydrogen (secondary N) is 1. The first-order valence-corrected chi connectivity index (χ1v) is 6.83. The predicted molar refractivity (Wildman–Crippen MR) is 78.4 cm³/mol. The number of aromatic nitrogens is 2. The molecule has 0 aliphatic carbocycles. The van der Waals surface area contributed by atoms with E-state index in [0.717, 1.165) is 40.9 Å². The summed E-state index contributed by atoms with van der Waals surface area (Å²) in [4.78, 5) is 9.06. The molecule has 1 heterocycles. The summed E-state index contributed by atoms with van der Waals surface area (Å²) in [7, 11) is 0. The van der Waals surface area contributed by atoms with Gasteiger partial charge in [0.05, 0.1) is 5.69 Å². The Labute approximate surface area is 119 Å². The lowest BCUT2D eigenvalue weighted by atomic mass is 10.1. The minimum absolute atomic E-state index is 0.710. The number of rotatable bonds is 5. The van der Waals surface area contributed by atoms with Crippen molar-refractivity contribution >= 4 is 11.6 Å². The lowest BCUT2D eigenvalue weighted by Crippen LogP contribution is -2.14. The van der Waals surface area contributed by atoms with Gasteiger partial charge in [0.25, 0.3) is 0 Å². The van der Waals surface area contributed by atoms with Crippen LogP contribution in [0, 0.1) is 6.92 Å². The Morgan fingerprint density at radius 3 is 2.79 bits per heavy atom. The van der Waals surface area contributed by atoms with Crippen LogP contribution < -0.4 is 5.32 Å². The van der Waals surface area contributed by atoms with E-state index in [1.807, 2.05) is 37.3 Å². The van der Waals surface area contributed by atoms with Crippen LogP contribution in [0.4, 0.5) is 0 Å². The molecule has 0 unspecified atom stereocenters. The van der Waals surface area contributed by atoms with Gasteiger partial charge in [-0.25, -0.2) is 9.97 Å². The van der Waals surface area contributed by atoms with Gasteiger partial charge in [-0.3, -0.25) is 0 Å². The number of hydrogen-bond donors (Lipinski definition) is 1. The Hall–Kier alpha value is -1.45. The van der Waals surface area contributed by atoms with Crippen molar-refractivity contribution < 1.29 is 0 Å². The van der Waals surface area contributed by atoms with Crippen molar-refractivity contribution in [2.75, 3.05) is 6.54 Å². The first-order chi connectivity index (χ1) is 9.17. The van der Waals surface area contributed by atoms with Crippen molar-refractivity contribution in [3.63, 3.8) is 0 Å². The molecule has 0 spiro atoms. The highest BCUT2D eigenvalue weighted by molar-refractivity contribution is 6.30. The summed E-state index contributed by atoms with van der Waals surface area (Å²) in [6.07, 6.45) is 0.710. The van der Waals surface area contributed by atoms with Gasteiger partial charge in [-0.1, -0.05) is 30.7 Å². The molecule has 2 aromatic rings. The Morgan fingerprint density at radius 2 is 2.05 bits per heavy atom. The number of nitrogens with zero attached hydrogens (tertiary/aromatic N) is 2. The minimum Gasteiger partial charge on any atom is -0.311 e. The smallest absolute Gasteiger partial charge is 0.133 e. The highest BCUT2D eigenvalue weighted by Gasteiger charge is 2.04. The molecular formula is C15H18ClN3. The molecule has 1 aromatic heterocycles. The van der Waals surface area contributed by atoms with Crippen molar-refractivity contribution in [1.29, 1.82) is 0 Å². The van der Waals surface area contributed by atoms with Crippen LogP contribution in [0.1, 0.15) is 29.7 Å². The molecule has 0 saturated heterocycles. The second-order valence-electron chi connectivity index (χ2n) is 4.50. The van der Waals surface area contributed by atoms with Crippen LogP contribution in [0.15, 0.2) is 30.3 Å². The normalized spacial score (nSPS) is 10.7. The molecule has 0 radical (unpaired) electrons. The van der Waals surface area contributed by atoms with Crippen molar-refractivity contribution in [2.24, 2.45) is 0 Å². The van der Waals surface area contributed by atoms with Crippen LogP contribution in [-0.4, -0.2) is 16.5 Å². The number of benzene rings is 1. The van der Waals surface area contributed by atoms with Crippen LogP contribution in [0.25, 0.3) is 0 Å². The molecule has 100 valence electrons. The lowest BCUT2D eigenvalue weighted by Gasteiger charge is -2.07. The highest BCUT2D eigenvalue weighted by atomic mass is 35.5. The fourth-order valence-electron chi connectivity index (χ4n) is 1.95. The van der Waals surface area contributed by atoms with E-state index in [2.05, 4.69) is 22.2 Å². The molecule has 19 heavy (non-hydrogen) atoms. The van der Waals surface area contributed by atoms with Crippen LogP contribution in [0.3, 0.4) is 0 Å². The van der Waals surface area contributed by atoms with Gasteiger partial charge < -0.3 is 5.32 Å². The molecule has 1 N–H and O–H groups in total. The van der Waals surface area contributed by atoms with E-state index in [4.69, 9.17) is 11.6 Å². The summed E-state index contributed by atoms with van der Waals surface area (Å²) < 4.78 is 0. The van der Waals surface area contributed by atoms with Gasteiger partial charge in [-0.05, 0) is 37.2 Å². The van der Waals surface area contributed by atoms with Crippen molar-refractivity contribution in [3.05, 3.63) is 58.1 Å². The molecule has 0 aliphatic rings. The van der Waals surface area contributed by atoms with E-state index in [-0.39, 0.29) is 0 Å². The van der Waals surface area contributed by atoms with Crippen LogP contribution in [-0.2, 0) is 13.0 Å². The van der Waals surface area contributed by atoms with Gasteiger partial charge in [0.1, 0.15) is 5.82 Å². The number of hydrogen-bond acceptors (Lipinski definition) is 3. The molecule has 0 fully saturated rings. The fraction of sp³-hybridized carbons (Fsp3) is 0.333. The summed E-state index contributed by atoms with van der Waals surface area (Å²) in [5.41, 5.74) is 3.17. The third kappa shape index (κ3) is 4.30. The van der Waals surface area contributed by atoms with E-state index in [9.17, 15) is 0 Å². The Balaban J connectivity index is 2.17. The molecular weight excluding hydrogens is 258 g/mol. The maximum Gasteiger partial charge on any atom is 0.133 e. The molecule has 0 bridgehead atoms. The molecule has 4 heteroatoms. The number of aryl methyl sites for hydroxylation is 1. The standard InChI is InChI=1S/C15H18ClN3/c1-3-17-10-14-7-11(2)18-15(19-14)9-12-5-4-6-13(16)8-12/h4-8,17H,3,9-10H2,1-2H3. The average molecular weight is 276 g/mol. The molecule has 0 aliphatic heterocycles. The minimum atomic E-state index is 0.710. The average Bonchev–Trinajstić information content (AvgIpc) is 2.35. The summed E-state index contributed by atoms with van der Waals surface area (Å²) in [6.45, 7) is 5.80. The Bertz CT molecular complexity index is 555. The zero-order valence-corrected chi connectivity index (χ0v) is 12.0. The van der Waals surface area contributed by atoms with Gasteiger partial charge in [-0.2, -0.15) is 0 Å². The highest BCUT2D eigenvalue weighted by Crippen LogP contribution is 2.13. The second kappa shape index (κ2) is 6.64. The van der Waals surface area contributed by atoms with E-state index in [1.165, 1.54) is 0 Å². The van der Waals surface area contributed by atoms with Gasteiger partial charge in [0.15, 0.2) is 0 Å². The number of halogens is 1. The van der Waals surface area contributed by atoms with Gasteiger partial charge in [0.2, 0.25) is 0 Å². The van der Waals surface area contributed by atoms with Crippen LogP contribution in [0.5, 0.6) is 0 Å². The maximum absolute atomic E-state index is 5.99. The molecule has 1 aromatic carbocycles. The van der Waals surface area contributed by atoms with E-state index in [1.54, 1.807) is 0 Å². The SMILES string of the molecule is CCNCc1cc(C)nc(Cc2cccc(Cl)c2)n1. The first kappa shape index (κ1) is 14.0. The second-order valence-corrected chi connectivity index (χ2v) is 4.94. The quantitative estimate of drug-likeness (QED) is 0.911. The largest absolute Gasteiger partial charge is 0.311 e. The van der Waals surface area contributed by atoms with Crippen LogP contribution in [0.2, 0.25) is 5.02 Å². The zero-order valence-electron chi connectivity index (χ0n) is 11.3. The van der Waals surface area contributed by atoms with Crippen molar-refractivity contribution in [1.82, 2.24) is 15.3 Å². The van der Waals surface area contributed by atoms with Crippen molar-refractivity contribution in [3.8, 4) is 0 Å².